The van der Waals surface area contributed by atoms with Gasteiger partial charge < -0.3 is 23.3 Å². The van der Waals surface area contributed by atoms with E-state index in [9.17, 15) is 22.4 Å². The molecule has 0 unspecified atom stereocenters. The van der Waals surface area contributed by atoms with Crippen molar-refractivity contribution in [2.24, 2.45) is 0 Å². The second-order valence-corrected chi connectivity index (χ2v) is 8.59. The molecule has 0 atom stereocenters. The SMILES string of the molecule is COc1cc(-c2cn3ccc(C4CC4)nc3c(-c3ccc(OC(F)F)c(OC)c3)c2=O)ccc1OC(F)F. The molecule has 2 aromatic heterocycles. The predicted molar refractivity (Wildman–Crippen MR) is 131 cm³/mol. The van der Waals surface area contributed by atoms with Gasteiger partial charge in [0.1, 0.15) is 5.65 Å². The first kappa shape index (κ1) is 25.4. The van der Waals surface area contributed by atoms with E-state index in [4.69, 9.17) is 14.5 Å². The molecule has 7 nitrogen and oxygen atoms in total. The number of ether oxygens (including phenoxy) is 4. The molecule has 198 valence electrons. The summed E-state index contributed by atoms with van der Waals surface area (Å²) in [5, 5.41) is 0. The number of pyridine rings is 1. The summed E-state index contributed by atoms with van der Waals surface area (Å²) in [6.45, 7) is -6.11. The minimum absolute atomic E-state index is 0.0132. The zero-order valence-corrected chi connectivity index (χ0v) is 20.3. The Kier molecular flexibility index (Phi) is 6.83. The summed E-state index contributed by atoms with van der Waals surface area (Å²) in [7, 11) is 2.60. The van der Waals surface area contributed by atoms with Crippen molar-refractivity contribution in [2.75, 3.05) is 14.2 Å². The molecule has 0 bridgehead atoms. The largest absolute Gasteiger partial charge is 0.493 e. The van der Waals surface area contributed by atoms with Gasteiger partial charge in [-0.15, -0.1) is 0 Å². The summed E-state index contributed by atoms with van der Waals surface area (Å²) in [6.07, 6.45) is 5.39. The van der Waals surface area contributed by atoms with Crippen molar-refractivity contribution in [1.82, 2.24) is 9.38 Å². The first-order chi connectivity index (χ1) is 18.3. The van der Waals surface area contributed by atoms with Gasteiger partial charge in [-0.1, -0.05) is 12.1 Å². The summed E-state index contributed by atoms with van der Waals surface area (Å²) < 4.78 is 72.5. The van der Waals surface area contributed by atoms with Crippen LogP contribution in [0, 0.1) is 0 Å². The van der Waals surface area contributed by atoms with Crippen LogP contribution in [0.1, 0.15) is 24.5 Å². The number of alkyl halides is 4. The van der Waals surface area contributed by atoms with E-state index in [0.717, 1.165) is 18.5 Å². The van der Waals surface area contributed by atoms with Gasteiger partial charge in [0.05, 0.1) is 19.8 Å². The first-order valence-corrected chi connectivity index (χ1v) is 11.6. The lowest BCUT2D eigenvalue weighted by molar-refractivity contribution is -0.0518. The van der Waals surface area contributed by atoms with Crippen molar-refractivity contribution >= 4 is 5.65 Å². The van der Waals surface area contributed by atoms with Gasteiger partial charge in [-0.05, 0) is 54.3 Å². The van der Waals surface area contributed by atoms with Crippen LogP contribution in [0.3, 0.4) is 0 Å². The molecule has 1 fully saturated rings. The molecular weight excluding hydrogens is 508 g/mol. The van der Waals surface area contributed by atoms with Gasteiger partial charge in [0.2, 0.25) is 0 Å². The minimum atomic E-state index is -3.06. The number of nitrogens with zero attached hydrogens (tertiary/aromatic N) is 2. The van der Waals surface area contributed by atoms with E-state index in [1.807, 2.05) is 6.07 Å². The normalized spacial score (nSPS) is 13.3. The van der Waals surface area contributed by atoms with Crippen molar-refractivity contribution in [3.05, 3.63) is 70.8 Å². The maximum absolute atomic E-state index is 14.0. The third-order valence-electron chi connectivity index (χ3n) is 6.20. The molecule has 0 spiro atoms. The van der Waals surface area contributed by atoms with E-state index in [1.54, 1.807) is 16.8 Å². The average molecular weight is 530 g/mol. The number of methoxy groups -OCH3 is 2. The molecule has 0 N–H and O–H groups in total. The highest BCUT2D eigenvalue weighted by Crippen LogP contribution is 2.40. The molecule has 11 heteroatoms. The zero-order chi connectivity index (χ0) is 27.0. The standard InChI is InChI=1S/C27H22F4N2O5/c1-35-21-11-15(5-7-19(21)37-26(28)29)17-13-33-10-9-18(14-3-4-14)32-25(33)23(24(17)34)16-6-8-20(38-27(30)31)22(12-16)36-2/h5-14,26-27H,3-4H2,1-2H3. The number of hydrogen-bond donors (Lipinski definition) is 0. The highest BCUT2D eigenvalue weighted by atomic mass is 19.3. The Morgan fingerprint density at radius 2 is 1.42 bits per heavy atom. The van der Waals surface area contributed by atoms with Gasteiger partial charge in [0.25, 0.3) is 0 Å². The summed E-state index contributed by atoms with van der Waals surface area (Å²) in [6, 6.07) is 10.3. The van der Waals surface area contributed by atoms with Gasteiger partial charge in [0.15, 0.2) is 28.4 Å². The summed E-state index contributed by atoms with van der Waals surface area (Å²) >= 11 is 0. The Balaban J connectivity index is 1.73. The number of rotatable bonds is 9. The monoisotopic (exact) mass is 530 g/mol. The number of benzene rings is 2. The lowest BCUT2D eigenvalue weighted by Crippen LogP contribution is -2.14. The van der Waals surface area contributed by atoms with Crippen LogP contribution in [-0.2, 0) is 0 Å². The van der Waals surface area contributed by atoms with E-state index in [0.29, 0.717) is 22.7 Å². The summed E-state index contributed by atoms with van der Waals surface area (Å²) in [5.74, 6) is -0.0172. The molecule has 1 aliphatic carbocycles. The van der Waals surface area contributed by atoms with Crippen molar-refractivity contribution in [2.45, 2.75) is 32.0 Å². The maximum atomic E-state index is 14.0. The molecular formula is C27H22F4N2O5. The Morgan fingerprint density at radius 3 is 1.97 bits per heavy atom. The number of hydrogen-bond acceptors (Lipinski definition) is 6. The number of fused-ring (bicyclic) bond motifs is 1. The fourth-order valence-corrected chi connectivity index (χ4v) is 4.28. The Bertz CT molecular complexity index is 1550. The Morgan fingerprint density at radius 1 is 0.842 bits per heavy atom. The molecule has 4 aromatic rings. The van der Waals surface area contributed by atoms with Crippen LogP contribution >= 0.6 is 0 Å². The summed E-state index contributed by atoms with van der Waals surface area (Å²) in [5.41, 5.74) is 2.00. The smallest absolute Gasteiger partial charge is 0.387 e. The molecule has 2 aromatic carbocycles. The zero-order valence-electron chi connectivity index (χ0n) is 20.3. The van der Waals surface area contributed by atoms with Crippen LogP contribution in [-0.4, -0.2) is 36.8 Å². The van der Waals surface area contributed by atoms with Gasteiger partial charge in [-0.2, -0.15) is 17.6 Å². The minimum Gasteiger partial charge on any atom is -0.493 e. The molecule has 0 saturated heterocycles. The van der Waals surface area contributed by atoms with Gasteiger partial charge in [-0.25, -0.2) is 4.98 Å². The third kappa shape index (κ3) is 4.96. The average Bonchev–Trinajstić information content (AvgIpc) is 3.74. The third-order valence-corrected chi connectivity index (χ3v) is 6.20. The summed E-state index contributed by atoms with van der Waals surface area (Å²) in [4.78, 5) is 18.7. The molecule has 5 rings (SSSR count). The van der Waals surface area contributed by atoms with Crippen molar-refractivity contribution in [1.29, 1.82) is 0 Å². The quantitative estimate of drug-likeness (QED) is 0.243. The molecule has 38 heavy (non-hydrogen) atoms. The predicted octanol–water partition coefficient (Wildman–Crippen LogP) is 6.13. The Hall–Kier alpha value is -4.28. The molecule has 1 saturated carbocycles. The fraction of sp³-hybridized carbons (Fsp3) is 0.259. The van der Waals surface area contributed by atoms with E-state index in [1.165, 1.54) is 50.6 Å². The second kappa shape index (κ2) is 10.2. The lowest BCUT2D eigenvalue weighted by Gasteiger charge is -2.15. The number of halogens is 4. The van der Waals surface area contributed by atoms with Crippen molar-refractivity contribution < 1.29 is 36.5 Å². The van der Waals surface area contributed by atoms with Gasteiger partial charge in [0, 0.05) is 29.6 Å². The molecule has 2 heterocycles. The van der Waals surface area contributed by atoms with Gasteiger partial charge >= 0.3 is 13.2 Å². The van der Waals surface area contributed by atoms with Gasteiger partial charge in [-0.3, -0.25) is 4.79 Å². The van der Waals surface area contributed by atoms with Crippen LogP contribution in [0.15, 0.2) is 59.7 Å². The van der Waals surface area contributed by atoms with Crippen LogP contribution in [0.2, 0.25) is 0 Å². The van der Waals surface area contributed by atoms with Crippen LogP contribution in [0.5, 0.6) is 23.0 Å². The van der Waals surface area contributed by atoms with Crippen molar-refractivity contribution in [3.8, 4) is 45.3 Å². The molecule has 0 radical (unpaired) electrons. The van der Waals surface area contributed by atoms with Crippen molar-refractivity contribution in [3.63, 3.8) is 0 Å². The van der Waals surface area contributed by atoms with E-state index >= 15 is 0 Å². The molecule has 1 aliphatic rings. The molecule has 0 amide bonds. The van der Waals surface area contributed by atoms with E-state index in [2.05, 4.69) is 9.47 Å². The fourth-order valence-electron chi connectivity index (χ4n) is 4.28. The second-order valence-electron chi connectivity index (χ2n) is 8.59. The van der Waals surface area contributed by atoms with Crippen LogP contribution in [0.4, 0.5) is 17.6 Å². The topological polar surface area (TPSA) is 71.3 Å². The van der Waals surface area contributed by atoms with E-state index in [-0.39, 0.29) is 34.1 Å². The molecule has 0 aliphatic heterocycles. The Labute approximate surface area is 214 Å². The highest BCUT2D eigenvalue weighted by molar-refractivity contribution is 5.83. The maximum Gasteiger partial charge on any atom is 0.387 e. The highest BCUT2D eigenvalue weighted by Gasteiger charge is 2.26. The lowest BCUT2D eigenvalue weighted by atomic mass is 9.99. The first-order valence-electron chi connectivity index (χ1n) is 11.6. The van der Waals surface area contributed by atoms with Crippen LogP contribution < -0.4 is 24.4 Å². The van der Waals surface area contributed by atoms with Crippen LogP contribution in [0.25, 0.3) is 27.9 Å². The number of aromatic nitrogens is 2. The van der Waals surface area contributed by atoms with E-state index < -0.39 is 18.7 Å².